The highest BCUT2D eigenvalue weighted by molar-refractivity contribution is 5.82. The number of aromatic amines is 1. The summed E-state index contributed by atoms with van der Waals surface area (Å²) < 4.78 is 28.1. The number of benzene rings is 1. The second-order valence-electron chi connectivity index (χ2n) is 12.1. The summed E-state index contributed by atoms with van der Waals surface area (Å²) in [5.41, 5.74) is 5.96. The van der Waals surface area contributed by atoms with Crippen LogP contribution < -0.4 is 0 Å². The summed E-state index contributed by atoms with van der Waals surface area (Å²) in [6, 6.07) is 10.6. The molecule has 1 N–H and O–H groups in total. The van der Waals surface area contributed by atoms with Crippen LogP contribution in [-0.2, 0) is 17.8 Å². The number of pyridine rings is 1. The van der Waals surface area contributed by atoms with Gasteiger partial charge in [-0.15, -0.1) is 0 Å². The van der Waals surface area contributed by atoms with E-state index in [4.69, 9.17) is 4.98 Å². The van der Waals surface area contributed by atoms with Gasteiger partial charge in [-0.1, -0.05) is 6.07 Å². The van der Waals surface area contributed by atoms with Crippen molar-refractivity contribution in [3.8, 4) is 11.1 Å². The van der Waals surface area contributed by atoms with Gasteiger partial charge in [0.2, 0.25) is 11.8 Å². The van der Waals surface area contributed by atoms with E-state index in [0.717, 1.165) is 72.7 Å². The van der Waals surface area contributed by atoms with Crippen molar-refractivity contribution in [3.05, 3.63) is 66.0 Å². The van der Waals surface area contributed by atoms with E-state index in [0.29, 0.717) is 18.9 Å². The first-order chi connectivity index (χ1) is 19.8. The third-order valence-electron chi connectivity index (χ3n) is 8.89. The smallest absolute Gasteiger partial charge is 0.248 e. The van der Waals surface area contributed by atoms with E-state index in [1.165, 1.54) is 5.56 Å². The molecule has 1 atom stereocenters. The lowest BCUT2D eigenvalue weighted by Crippen LogP contribution is -2.49. The monoisotopic (exact) mass is 559 g/mol. The van der Waals surface area contributed by atoms with Crippen LogP contribution in [-0.4, -0.2) is 72.5 Å². The van der Waals surface area contributed by atoms with E-state index in [-0.39, 0.29) is 30.7 Å². The molecule has 4 heterocycles. The molecule has 3 fully saturated rings. The van der Waals surface area contributed by atoms with Gasteiger partial charge >= 0.3 is 0 Å². The van der Waals surface area contributed by atoms with Crippen LogP contribution >= 0.6 is 0 Å². The van der Waals surface area contributed by atoms with Gasteiger partial charge in [-0.25, -0.2) is 13.8 Å². The predicted molar refractivity (Wildman–Crippen MR) is 151 cm³/mol. The van der Waals surface area contributed by atoms with Gasteiger partial charge in [0, 0.05) is 87.6 Å². The molecule has 0 bridgehead atoms. The van der Waals surface area contributed by atoms with Crippen molar-refractivity contribution in [3.63, 3.8) is 0 Å². The Morgan fingerprint density at radius 3 is 2.66 bits per heavy atom. The number of carbonyl (C=O) groups is 1. The highest BCUT2D eigenvalue weighted by Gasteiger charge is 2.45. The summed E-state index contributed by atoms with van der Waals surface area (Å²) in [5, 5.41) is 4.40. The molecule has 41 heavy (non-hydrogen) atoms. The molecule has 2 saturated carbocycles. The molecule has 1 unspecified atom stereocenters. The minimum atomic E-state index is -2.51. The molecular formula is C31H35F2N7O. The van der Waals surface area contributed by atoms with Crippen molar-refractivity contribution in [1.82, 2.24) is 34.5 Å². The summed E-state index contributed by atoms with van der Waals surface area (Å²) in [7, 11) is 0. The van der Waals surface area contributed by atoms with Gasteiger partial charge in [0.15, 0.2) is 0 Å². The maximum Gasteiger partial charge on any atom is 0.248 e. The van der Waals surface area contributed by atoms with Crippen LogP contribution in [0.25, 0.3) is 22.2 Å². The molecule has 3 aliphatic rings. The van der Waals surface area contributed by atoms with Crippen LogP contribution in [0, 0.1) is 11.8 Å². The van der Waals surface area contributed by atoms with Gasteiger partial charge < -0.3 is 9.88 Å². The SMILES string of the molecule is CC(c1ccnc(Cc2nc3ccc(-c4cnn(CC5CC(F)(F)C5)c4)cc3[nH]2)c1)N1CCN(C(=O)C2CC2)CC1. The van der Waals surface area contributed by atoms with Crippen molar-refractivity contribution in [1.29, 1.82) is 0 Å². The average molecular weight is 560 g/mol. The summed E-state index contributed by atoms with van der Waals surface area (Å²) in [5.74, 6) is -1.05. The van der Waals surface area contributed by atoms with Gasteiger partial charge in [-0.05, 0) is 61.1 Å². The molecule has 2 aliphatic carbocycles. The Labute approximate surface area is 237 Å². The number of nitrogens with one attached hydrogen (secondary N) is 1. The van der Waals surface area contributed by atoms with Crippen LogP contribution in [0.4, 0.5) is 8.78 Å². The quantitative estimate of drug-likeness (QED) is 0.326. The molecule has 0 radical (unpaired) electrons. The molecule has 1 saturated heterocycles. The maximum absolute atomic E-state index is 13.2. The number of aromatic nitrogens is 5. The number of piperazine rings is 1. The van der Waals surface area contributed by atoms with Crippen molar-refractivity contribution in [2.24, 2.45) is 11.8 Å². The minimum Gasteiger partial charge on any atom is -0.342 e. The molecule has 1 aromatic carbocycles. The predicted octanol–water partition coefficient (Wildman–Crippen LogP) is 5.07. The second kappa shape index (κ2) is 10.3. The highest BCUT2D eigenvalue weighted by Crippen LogP contribution is 2.43. The van der Waals surface area contributed by atoms with Gasteiger partial charge in [0.1, 0.15) is 5.82 Å². The second-order valence-corrected chi connectivity index (χ2v) is 12.1. The normalized spacial score (nSPS) is 20.3. The zero-order valence-corrected chi connectivity index (χ0v) is 23.3. The lowest BCUT2D eigenvalue weighted by Gasteiger charge is -2.38. The zero-order valence-electron chi connectivity index (χ0n) is 23.3. The summed E-state index contributed by atoms with van der Waals surface area (Å²) in [4.78, 5) is 29.8. The van der Waals surface area contributed by atoms with Crippen LogP contribution in [0.5, 0.6) is 0 Å². The fourth-order valence-corrected chi connectivity index (χ4v) is 6.27. The summed E-state index contributed by atoms with van der Waals surface area (Å²) >= 11 is 0. The van der Waals surface area contributed by atoms with Gasteiger partial charge in [-0.3, -0.25) is 19.4 Å². The Bertz CT molecular complexity index is 1560. The van der Waals surface area contributed by atoms with E-state index >= 15 is 0 Å². The molecule has 1 amide bonds. The van der Waals surface area contributed by atoms with Crippen molar-refractivity contribution < 1.29 is 13.6 Å². The number of fused-ring (bicyclic) bond motifs is 1. The topological polar surface area (TPSA) is 82.9 Å². The lowest BCUT2D eigenvalue weighted by molar-refractivity contribution is -0.134. The third-order valence-corrected chi connectivity index (χ3v) is 8.89. The molecular weight excluding hydrogens is 524 g/mol. The third kappa shape index (κ3) is 5.62. The van der Waals surface area contributed by atoms with Gasteiger partial charge in [0.25, 0.3) is 0 Å². The first kappa shape index (κ1) is 26.3. The fourth-order valence-electron chi connectivity index (χ4n) is 6.27. The number of carbonyl (C=O) groups excluding carboxylic acids is 1. The van der Waals surface area contributed by atoms with E-state index in [1.54, 1.807) is 10.9 Å². The molecule has 3 aromatic heterocycles. The molecule has 4 aromatic rings. The number of rotatable bonds is 8. The molecule has 7 rings (SSSR count). The maximum atomic E-state index is 13.2. The molecule has 1 aliphatic heterocycles. The Balaban J connectivity index is 0.995. The van der Waals surface area contributed by atoms with E-state index in [9.17, 15) is 13.6 Å². The number of H-pyrrole nitrogens is 1. The van der Waals surface area contributed by atoms with Crippen molar-refractivity contribution >= 4 is 16.9 Å². The first-order valence-corrected chi connectivity index (χ1v) is 14.7. The van der Waals surface area contributed by atoms with Gasteiger partial charge in [0.05, 0.1) is 17.2 Å². The molecule has 0 spiro atoms. The largest absolute Gasteiger partial charge is 0.342 e. The molecule has 214 valence electrons. The number of amides is 1. The van der Waals surface area contributed by atoms with Crippen molar-refractivity contribution in [2.45, 2.75) is 57.5 Å². The average Bonchev–Trinajstić information content (AvgIpc) is 3.57. The van der Waals surface area contributed by atoms with Crippen LogP contribution in [0.15, 0.2) is 48.9 Å². The Morgan fingerprint density at radius 1 is 1.10 bits per heavy atom. The van der Waals surface area contributed by atoms with E-state index in [1.807, 2.05) is 29.4 Å². The molecule has 8 nitrogen and oxygen atoms in total. The Morgan fingerprint density at radius 2 is 1.90 bits per heavy atom. The van der Waals surface area contributed by atoms with Crippen LogP contribution in [0.3, 0.4) is 0 Å². The summed E-state index contributed by atoms with van der Waals surface area (Å²) in [6.45, 7) is 6.13. The van der Waals surface area contributed by atoms with Crippen LogP contribution in [0.2, 0.25) is 0 Å². The number of imidazole rings is 1. The Hall–Kier alpha value is -3.66. The number of alkyl halides is 2. The molecule has 10 heteroatoms. The van der Waals surface area contributed by atoms with Crippen molar-refractivity contribution in [2.75, 3.05) is 26.2 Å². The number of nitrogens with zero attached hydrogens (tertiary/aromatic N) is 6. The van der Waals surface area contributed by atoms with E-state index in [2.05, 4.69) is 45.1 Å². The fraction of sp³-hybridized carbons (Fsp3) is 0.484. The lowest BCUT2D eigenvalue weighted by atomic mass is 9.81. The van der Waals surface area contributed by atoms with E-state index < -0.39 is 5.92 Å². The van der Waals surface area contributed by atoms with Crippen LogP contribution in [0.1, 0.15) is 55.7 Å². The Kier molecular flexibility index (Phi) is 6.60. The highest BCUT2D eigenvalue weighted by atomic mass is 19.3. The standard InChI is InChI=1S/C31H35F2N7O/c1-20(38-8-10-39(11-9-38)30(41)22-2-3-22)23-6-7-34-26(12-23)14-29-36-27-5-4-24(13-28(27)37-29)25-17-35-40(19-25)18-21-15-31(32,33)16-21/h4-7,12-13,17,19-22H,2-3,8-11,14-16,18H2,1H3,(H,36,37). The minimum absolute atomic E-state index is 0.0154. The van der Waals surface area contributed by atoms with Gasteiger partial charge in [-0.2, -0.15) is 5.10 Å². The number of halogens is 2. The number of hydrogen-bond acceptors (Lipinski definition) is 5. The number of hydrogen-bond donors (Lipinski definition) is 1. The first-order valence-electron chi connectivity index (χ1n) is 14.7. The summed E-state index contributed by atoms with van der Waals surface area (Å²) in [6.07, 6.45) is 8.19. The zero-order chi connectivity index (χ0) is 28.1.